The Bertz CT molecular complexity index is 135. The lowest BCUT2D eigenvalue weighted by Crippen LogP contribution is -2.42. The highest BCUT2D eigenvalue weighted by Crippen LogP contribution is 2.14. The minimum Gasteiger partial charge on any atom is -0.389 e. The summed E-state index contributed by atoms with van der Waals surface area (Å²) in [7, 11) is 1.72. The molecule has 1 unspecified atom stereocenters. The van der Waals surface area contributed by atoms with Crippen LogP contribution in [-0.2, 0) is 4.74 Å². The Morgan fingerprint density at radius 3 is 2.50 bits per heavy atom. The Morgan fingerprint density at radius 1 is 1.36 bits per heavy atom. The summed E-state index contributed by atoms with van der Waals surface area (Å²) in [4.78, 5) is 0. The molecule has 86 valence electrons. The molecule has 0 aliphatic rings. The second-order valence-corrected chi connectivity index (χ2v) is 4.39. The first kappa shape index (κ1) is 13.9. The third-order valence-electron chi connectivity index (χ3n) is 2.68. The number of nitrogens with one attached hydrogen (secondary N) is 1. The fourth-order valence-corrected chi connectivity index (χ4v) is 1.04. The van der Waals surface area contributed by atoms with Crippen molar-refractivity contribution >= 4 is 0 Å². The number of methoxy groups -OCH3 is 1. The van der Waals surface area contributed by atoms with Gasteiger partial charge < -0.3 is 15.2 Å². The van der Waals surface area contributed by atoms with E-state index < -0.39 is 5.60 Å². The zero-order valence-corrected chi connectivity index (χ0v) is 9.97. The largest absolute Gasteiger partial charge is 0.389 e. The Kier molecular flexibility index (Phi) is 7.15. The second-order valence-electron chi connectivity index (χ2n) is 4.39. The van der Waals surface area contributed by atoms with Crippen LogP contribution in [0.4, 0.5) is 0 Å². The molecule has 0 aliphatic heterocycles. The van der Waals surface area contributed by atoms with Crippen LogP contribution in [0.2, 0.25) is 0 Å². The van der Waals surface area contributed by atoms with Gasteiger partial charge in [-0.3, -0.25) is 0 Å². The smallest absolute Gasteiger partial charge is 0.0766 e. The van der Waals surface area contributed by atoms with Crippen LogP contribution in [-0.4, -0.2) is 37.5 Å². The normalized spacial score (nSPS) is 15.9. The molecule has 0 amide bonds. The standard InChI is InChI=1S/C11H25NO2/c1-10(2)11(3,13)9-12-7-5-6-8-14-4/h10,12-13H,5-9H2,1-4H3. The molecule has 0 rings (SSSR count). The van der Waals surface area contributed by atoms with Crippen molar-refractivity contribution in [2.75, 3.05) is 26.8 Å². The molecule has 0 heterocycles. The number of rotatable bonds is 8. The van der Waals surface area contributed by atoms with Crippen molar-refractivity contribution in [3.05, 3.63) is 0 Å². The van der Waals surface area contributed by atoms with E-state index in [-0.39, 0.29) is 5.92 Å². The van der Waals surface area contributed by atoms with Gasteiger partial charge in [0.15, 0.2) is 0 Å². The van der Waals surface area contributed by atoms with Gasteiger partial charge in [-0.15, -0.1) is 0 Å². The number of ether oxygens (including phenoxy) is 1. The number of hydrogen-bond donors (Lipinski definition) is 2. The van der Waals surface area contributed by atoms with E-state index in [9.17, 15) is 5.11 Å². The molecule has 0 fully saturated rings. The highest BCUT2D eigenvalue weighted by Gasteiger charge is 2.23. The predicted octanol–water partition coefficient (Wildman–Crippen LogP) is 1.41. The maximum Gasteiger partial charge on any atom is 0.0766 e. The summed E-state index contributed by atoms with van der Waals surface area (Å²) in [5.41, 5.74) is -0.596. The average molecular weight is 203 g/mol. The third kappa shape index (κ3) is 6.35. The maximum absolute atomic E-state index is 9.91. The van der Waals surface area contributed by atoms with Crippen LogP contribution in [0.15, 0.2) is 0 Å². The van der Waals surface area contributed by atoms with Gasteiger partial charge in [0.1, 0.15) is 0 Å². The Labute approximate surface area is 87.8 Å². The Hall–Kier alpha value is -0.120. The molecule has 14 heavy (non-hydrogen) atoms. The van der Waals surface area contributed by atoms with Gasteiger partial charge in [-0.1, -0.05) is 13.8 Å². The fourth-order valence-electron chi connectivity index (χ4n) is 1.04. The second kappa shape index (κ2) is 7.21. The SMILES string of the molecule is COCCCCNCC(C)(O)C(C)C. The van der Waals surface area contributed by atoms with E-state index in [2.05, 4.69) is 5.32 Å². The summed E-state index contributed by atoms with van der Waals surface area (Å²) in [6.45, 7) is 8.38. The molecule has 1 atom stereocenters. The molecule has 0 aromatic rings. The Balaban J connectivity index is 3.35. The van der Waals surface area contributed by atoms with Gasteiger partial charge in [0, 0.05) is 20.3 Å². The van der Waals surface area contributed by atoms with Crippen molar-refractivity contribution in [2.24, 2.45) is 5.92 Å². The van der Waals surface area contributed by atoms with Crippen LogP contribution in [0.3, 0.4) is 0 Å². The molecule has 3 heteroatoms. The molecule has 2 N–H and O–H groups in total. The van der Waals surface area contributed by atoms with E-state index >= 15 is 0 Å². The molecular weight excluding hydrogens is 178 g/mol. The predicted molar refractivity (Wildman–Crippen MR) is 59.4 cm³/mol. The number of aliphatic hydroxyl groups is 1. The van der Waals surface area contributed by atoms with Gasteiger partial charge in [-0.25, -0.2) is 0 Å². The lowest BCUT2D eigenvalue weighted by atomic mass is 9.92. The van der Waals surface area contributed by atoms with Crippen LogP contribution >= 0.6 is 0 Å². The molecule has 0 aliphatic carbocycles. The van der Waals surface area contributed by atoms with Crippen molar-refractivity contribution in [2.45, 2.75) is 39.2 Å². The molecule has 0 aromatic heterocycles. The molecule has 0 bridgehead atoms. The van der Waals surface area contributed by atoms with Crippen molar-refractivity contribution in [1.82, 2.24) is 5.32 Å². The molecule has 0 saturated heterocycles. The van der Waals surface area contributed by atoms with E-state index in [1.54, 1.807) is 7.11 Å². The van der Waals surface area contributed by atoms with E-state index in [1.807, 2.05) is 20.8 Å². The van der Waals surface area contributed by atoms with Gasteiger partial charge >= 0.3 is 0 Å². The van der Waals surface area contributed by atoms with E-state index in [0.717, 1.165) is 26.0 Å². The number of hydrogen-bond acceptors (Lipinski definition) is 3. The summed E-state index contributed by atoms with van der Waals surface area (Å²) >= 11 is 0. The minimum absolute atomic E-state index is 0.286. The van der Waals surface area contributed by atoms with Gasteiger partial charge in [0.25, 0.3) is 0 Å². The lowest BCUT2D eigenvalue weighted by Gasteiger charge is -2.27. The summed E-state index contributed by atoms with van der Waals surface area (Å²) in [5.74, 6) is 0.286. The van der Waals surface area contributed by atoms with Crippen molar-refractivity contribution in [3.8, 4) is 0 Å². The third-order valence-corrected chi connectivity index (χ3v) is 2.68. The van der Waals surface area contributed by atoms with Crippen LogP contribution in [0, 0.1) is 5.92 Å². The van der Waals surface area contributed by atoms with Crippen LogP contribution in [0.1, 0.15) is 33.6 Å². The highest BCUT2D eigenvalue weighted by atomic mass is 16.5. The van der Waals surface area contributed by atoms with Crippen molar-refractivity contribution in [3.63, 3.8) is 0 Å². The van der Waals surface area contributed by atoms with E-state index in [0.29, 0.717) is 6.54 Å². The molecule has 0 saturated carbocycles. The summed E-state index contributed by atoms with van der Waals surface area (Å²) in [5, 5.41) is 13.2. The first-order valence-electron chi connectivity index (χ1n) is 5.42. The van der Waals surface area contributed by atoms with Gasteiger partial charge in [0.2, 0.25) is 0 Å². The average Bonchev–Trinajstić information content (AvgIpc) is 2.10. The fraction of sp³-hybridized carbons (Fsp3) is 1.00. The zero-order valence-electron chi connectivity index (χ0n) is 9.97. The van der Waals surface area contributed by atoms with Gasteiger partial charge in [-0.05, 0) is 32.2 Å². The summed E-state index contributed by atoms with van der Waals surface area (Å²) in [6.07, 6.45) is 2.18. The van der Waals surface area contributed by atoms with Crippen molar-refractivity contribution < 1.29 is 9.84 Å². The topological polar surface area (TPSA) is 41.5 Å². The zero-order chi connectivity index (χ0) is 11.0. The van der Waals surface area contributed by atoms with Gasteiger partial charge in [0.05, 0.1) is 5.60 Å². The van der Waals surface area contributed by atoms with Crippen LogP contribution < -0.4 is 5.32 Å². The van der Waals surface area contributed by atoms with Crippen LogP contribution in [0.25, 0.3) is 0 Å². The summed E-state index contributed by atoms with van der Waals surface area (Å²) in [6, 6.07) is 0. The lowest BCUT2D eigenvalue weighted by molar-refractivity contribution is 0.0143. The molecule has 0 radical (unpaired) electrons. The molecular formula is C11H25NO2. The monoisotopic (exact) mass is 203 g/mol. The summed E-state index contributed by atoms with van der Waals surface area (Å²) < 4.78 is 4.95. The maximum atomic E-state index is 9.91. The molecule has 3 nitrogen and oxygen atoms in total. The van der Waals surface area contributed by atoms with Crippen LogP contribution in [0.5, 0.6) is 0 Å². The highest BCUT2D eigenvalue weighted by molar-refractivity contribution is 4.78. The number of unbranched alkanes of at least 4 members (excludes halogenated alkanes) is 1. The Morgan fingerprint density at radius 2 is 2.00 bits per heavy atom. The minimum atomic E-state index is -0.596. The van der Waals surface area contributed by atoms with Crippen molar-refractivity contribution in [1.29, 1.82) is 0 Å². The first-order valence-corrected chi connectivity index (χ1v) is 5.42. The van der Waals surface area contributed by atoms with E-state index in [1.165, 1.54) is 0 Å². The first-order chi connectivity index (χ1) is 6.50. The molecule has 0 spiro atoms. The molecule has 0 aromatic carbocycles. The quantitative estimate of drug-likeness (QED) is 0.586. The van der Waals surface area contributed by atoms with E-state index in [4.69, 9.17) is 4.74 Å². The van der Waals surface area contributed by atoms with Gasteiger partial charge in [-0.2, -0.15) is 0 Å².